The molecule has 0 spiro atoms. The van der Waals surface area contributed by atoms with Gasteiger partial charge in [-0.2, -0.15) is 0 Å². The quantitative estimate of drug-likeness (QED) is 0.882. The minimum absolute atomic E-state index is 0.149. The second kappa shape index (κ2) is 6.10. The molecule has 1 aromatic rings. The number of halogens is 2. The lowest BCUT2D eigenvalue weighted by atomic mass is 10.1. The predicted molar refractivity (Wildman–Crippen MR) is 70.7 cm³/mol. The number of carbonyl (C=O) groups is 1. The third-order valence-corrected chi connectivity index (χ3v) is 2.59. The van der Waals surface area contributed by atoms with Crippen LogP contribution in [0.4, 0.5) is 8.78 Å². The van der Waals surface area contributed by atoms with Gasteiger partial charge < -0.3 is 10.6 Å². The number of hydrogen-bond acceptors (Lipinski definition) is 2. The van der Waals surface area contributed by atoms with Crippen molar-refractivity contribution in [1.82, 2.24) is 10.6 Å². The van der Waals surface area contributed by atoms with Gasteiger partial charge in [-0.05, 0) is 33.8 Å². The molecule has 1 unspecified atom stereocenters. The number of benzene rings is 1. The fraction of sp³-hybridized carbons (Fsp3) is 0.500. The van der Waals surface area contributed by atoms with Gasteiger partial charge in [-0.1, -0.05) is 6.07 Å². The first-order valence-electron chi connectivity index (χ1n) is 6.18. The van der Waals surface area contributed by atoms with Crippen LogP contribution in [0.25, 0.3) is 0 Å². The molecule has 0 radical (unpaired) electrons. The zero-order valence-corrected chi connectivity index (χ0v) is 11.7. The van der Waals surface area contributed by atoms with Gasteiger partial charge in [-0.15, -0.1) is 0 Å². The molecule has 0 aliphatic heterocycles. The van der Waals surface area contributed by atoms with Crippen LogP contribution in [0.15, 0.2) is 18.2 Å². The summed E-state index contributed by atoms with van der Waals surface area (Å²) >= 11 is 0. The van der Waals surface area contributed by atoms with Gasteiger partial charge in [-0.25, -0.2) is 8.78 Å². The maximum Gasteiger partial charge on any atom is 0.234 e. The van der Waals surface area contributed by atoms with Crippen molar-refractivity contribution in [3.63, 3.8) is 0 Å². The van der Waals surface area contributed by atoms with E-state index < -0.39 is 17.7 Å². The molecule has 0 saturated heterocycles. The van der Waals surface area contributed by atoms with E-state index in [2.05, 4.69) is 10.6 Å². The first-order valence-corrected chi connectivity index (χ1v) is 6.18. The minimum Gasteiger partial charge on any atom is -0.348 e. The molecule has 0 fully saturated rings. The van der Waals surface area contributed by atoms with Crippen LogP contribution < -0.4 is 10.6 Å². The van der Waals surface area contributed by atoms with Crippen LogP contribution in [-0.2, 0) is 4.79 Å². The highest BCUT2D eigenvalue weighted by atomic mass is 19.1. The molecule has 19 heavy (non-hydrogen) atoms. The smallest absolute Gasteiger partial charge is 0.234 e. The number of hydrogen-bond donors (Lipinski definition) is 2. The van der Waals surface area contributed by atoms with Crippen LogP contribution >= 0.6 is 0 Å². The first-order chi connectivity index (χ1) is 8.69. The summed E-state index contributed by atoms with van der Waals surface area (Å²) in [5, 5.41) is 5.70. The molecule has 1 rings (SSSR count). The lowest BCUT2D eigenvalue weighted by molar-refractivity contribution is -0.121. The normalized spacial score (nSPS) is 13.2. The molecule has 0 heterocycles. The van der Waals surface area contributed by atoms with Crippen LogP contribution in [0.2, 0.25) is 0 Å². The van der Waals surface area contributed by atoms with Gasteiger partial charge in [0.2, 0.25) is 5.91 Å². The first kappa shape index (κ1) is 15.6. The highest BCUT2D eigenvalue weighted by Gasteiger charge is 2.16. The molecule has 106 valence electrons. The lowest BCUT2D eigenvalue weighted by Crippen LogP contribution is -2.43. The fourth-order valence-electron chi connectivity index (χ4n) is 1.57. The van der Waals surface area contributed by atoms with Gasteiger partial charge in [0.05, 0.1) is 12.6 Å². The molecule has 0 aliphatic carbocycles. The second-order valence-corrected chi connectivity index (χ2v) is 5.56. The summed E-state index contributed by atoms with van der Waals surface area (Å²) in [5.74, 6) is -1.52. The van der Waals surface area contributed by atoms with E-state index >= 15 is 0 Å². The Hall–Kier alpha value is -1.49. The molecular weight excluding hydrogens is 250 g/mol. The van der Waals surface area contributed by atoms with E-state index in [1.54, 1.807) is 6.92 Å². The van der Waals surface area contributed by atoms with Crippen LogP contribution in [0.5, 0.6) is 0 Å². The van der Waals surface area contributed by atoms with Gasteiger partial charge >= 0.3 is 0 Å². The maximum atomic E-state index is 13.5. The molecular formula is C14H20F2N2O. The van der Waals surface area contributed by atoms with Gasteiger partial charge in [-0.3, -0.25) is 4.79 Å². The molecule has 0 bridgehead atoms. The van der Waals surface area contributed by atoms with Gasteiger partial charge in [0, 0.05) is 17.2 Å². The van der Waals surface area contributed by atoms with Crippen molar-refractivity contribution in [3.8, 4) is 0 Å². The Morgan fingerprint density at radius 2 is 1.95 bits per heavy atom. The molecule has 2 N–H and O–H groups in total. The van der Waals surface area contributed by atoms with Crippen molar-refractivity contribution < 1.29 is 13.6 Å². The summed E-state index contributed by atoms with van der Waals surface area (Å²) in [6.45, 7) is 7.65. The van der Waals surface area contributed by atoms with E-state index in [0.29, 0.717) is 0 Å². The van der Waals surface area contributed by atoms with Crippen LogP contribution in [0, 0.1) is 11.6 Å². The summed E-state index contributed by atoms with van der Waals surface area (Å²) in [7, 11) is 0. The Bertz CT molecular complexity index is 455. The molecule has 5 heteroatoms. The Morgan fingerprint density at radius 1 is 1.32 bits per heavy atom. The SMILES string of the molecule is CC(NC(=O)CNC(C)(C)C)c1ccc(F)cc1F. The average Bonchev–Trinajstić information content (AvgIpc) is 2.25. The van der Waals surface area contributed by atoms with Crippen molar-refractivity contribution in [2.24, 2.45) is 0 Å². The topological polar surface area (TPSA) is 41.1 Å². The minimum atomic E-state index is -0.656. The van der Waals surface area contributed by atoms with Crippen molar-refractivity contribution >= 4 is 5.91 Å². The van der Waals surface area contributed by atoms with E-state index in [4.69, 9.17) is 0 Å². The summed E-state index contributed by atoms with van der Waals surface area (Å²) in [4.78, 5) is 11.7. The number of rotatable bonds is 4. The number of amides is 1. The van der Waals surface area contributed by atoms with E-state index in [0.717, 1.165) is 6.07 Å². The van der Waals surface area contributed by atoms with E-state index in [1.165, 1.54) is 12.1 Å². The van der Waals surface area contributed by atoms with Gasteiger partial charge in [0.25, 0.3) is 0 Å². The monoisotopic (exact) mass is 270 g/mol. The highest BCUT2D eigenvalue weighted by Crippen LogP contribution is 2.17. The van der Waals surface area contributed by atoms with Crippen LogP contribution in [0.1, 0.15) is 39.3 Å². The molecule has 3 nitrogen and oxygen atoms in total. The maximum absolute atomic E-state index is 13.5. The summed E-state index contributed by atoms with van der Waals surface area (Å²) in [5.41, 5.74) is 0.104. The third-order valence-electron chi connectivity index (χ3n) is 2.59. The van der Waals surface area contributed by atoms with Gasteiger partial charge in [0.15, 0.2) is 0 Å². The number of carbonyl (C=O) groups excluding carboxylic acids is 1. The molecule has 1 amide bonds. The Kier molecular flexibility index (Phi) is 5.00. The predicted octanol–water partition coefficient (Wildman–Crippen LogP) is 2.53. The van der Waals surface area contributed by atoms with Crippen molar-refractivity contribution in [1.29, 1.82) is 0 Å². The average molecular weight is 270 g/mol. The second-order valence-electron chi connectivity index (χ2n) is 5.56. The summed E-state index contributed by atoms with van der Waals surface area (Å²) < 4.78 is 26.3. The Morgan fingerprint density at radius 3 is 2.47 bits per heavy atom. The van der Waals surface area contributed by atoms with Crippen LogP contribution in [-0.4, -0.2) is 18.0 Å². The molecule has 0 aromatic heterocycles. The molecule has 0 aliphatic rings. The molecule has 1 atom stereocenters. The van der Waals surface area contributed by atoms with E-state index in [-0.39, 0.29) is 23.6 Å². The Labute approximate surface area is 112 Å². The molecule has 1 aromatic carbocycles. The fourth-order valence-corrected chi connectivity index (χ4v) is 1.57. The van der Waals surface area contributed by atoms with Crippen molar-refractivity contribution in [2.45, 2.75) is 39.3 Å². The van der Waals surface area contributed by atoms with Crippen molar-refractivity contribution in [3.05, 3.63) is 35.4 Å². The largest absolute Gasteiger partial charge is 0.348 e. The standard InChI is InChI=1S/C14H20F2N2O/c1-9(11-6-5-10(15)7-12(11)16)18-13(19)8-17-14(2,3)4/h5-7,9,17H,8H2,1-4H3,(H,18,19). The third kappa shape index (κ3) is 5.34. The zero-order chi connectivity index (χ0) is 14.6. The van der Waals surface area contributed by atoms with E-state index in [9.17, 15) is 13.6 Å². The Balaban J connectivity index is 2.59. The van der Waals surface area contributed by atoms with Gasteiger partial charge in [0.1, 0.15) is 11.6 Å². The molecule has 0 saturated carbocycles. The van der Waals surface area contributed by atoms with E-state index in [1.807, 2.05) is 20.8 Å². The lowest BCUT2D eigenvalue weighted by Gasteiger charge is -2.21. The summed E-state index contributed by atoms with van der Waals surface area (Å²) in [6.07, 6.45) is 0. The van der Waals surface area contributed by atoms with Crippen LogP contribution in [0.3, 0.4) is 0 Å². The zero-order valence-electron chi connectivity index (χ0n) is 11.7. The highest BCUT2D eigenvalue weighted by molar-refractivity contribution is 5.78. The number of nitrogens with one attached hydrogen (secondary N) is 2. The summed E-state index contributed by atoms with van der Waals surface area (Å²) in [6, 6.07) is 2.82. The van der Waals surface area contributed by atoms with Crippen molar-refractivity contribution in [2.75, 3.05) is 6.54 Å².